The first kappa shape index (κ1) is 19.7. The van der Waals surface area contributed by atoms with E-state index in [9.17, 15) is 0 Å². The van der Waals surface area contributed by atoms with Crippen molar-refractivity contribution >= 4 is 0 Å². The van der Waals surface area contributed by atoms with Gasteiger partial charge < -0.3 is 9.47 Å². The van der Waals surface area contributed by atoms with Gasteiger partial charge in [-0.3, -0.25) is 0 Å². The van der Waals surface area contributed by atoms with E-state index < -0.39 is 0 Å². The first-order valence-electron chi connectivity index (χ1n) is 10.2. The molecular weight excluding hydrogens is 296 g/mol. The fraction of sp³-hybridized carbons (Fsp3) is 0.818. The van der Waals surface area contributed by atoms with E-state index in [0.717, 1.165) is 50.1 Å². The van der Waals surface area contributed by atoms with Crippen molar-refractivity contribution in [3.8, 4) is 0 Å². The molecule has 0 heterocycles. The summed E-state index contributed by atoms with van der Waals surface area (Å²) in [5.41, 5.74) is 0. The van der Waals surface area contributed by atoms with Crippen LogP contribution < -0.4 is 0 Å². The molecule has 0 aromatic carbocycles. The summed E-state index contributed by atoms with van der Waals surface area (Å²) in [5.74, 6) is 3.59. The summed E-state index contributed by atoms with van der Waals surface area (Å²) in [6.45, 7) is 7.61. The van der Waals surface area contributed by atoms with Crippen LogP contribution >= 0.6 is 0 Å². The third-order valence-corrected chi connectivity index (χ3v) is 6.06. The Morgan fingerprint density at radius 2 is 1.00 bits per heavy atom. The first-order valence-corrected chi connectivity index (χ1v) is 10.2. The van der Waals surface area contributed by atoms with Crippen LogP contribution in [0.3, 0.4) is 0 Å². The summed E-state index contributed by atoms with van der Waals surface area (Å²) in [4.78, 5) is 0. The van der Waals surface area contributed by atoms with Gasteiger partial charge >= 0.3 is 0 Å². The van der Waals surface area contributed by atoms with E-state index in [2.05, 4.69) is 38.2 Å². The van der Waals surface area contributed by atoms with Crippen LogP contribution in [0.1, 0.15) is 65.2 Å². The highest BCUT2D eigenvalue weighted by atomic mass is 16.5. The lowest BCUT2D eigenvalue weighted by atomic mass is 9.69. The zero-order chi connectivity index (χ0) is 17.0. The van der Waals surface area contributed by atoms with Crippen LogP contribution in [0.15, 0.2) is 24.3 Å². The Morgan fingerprint density at radius 1 is 0.625 bits per heavy atom. The van der Waals surface area contributed by atoms with E-state index in [4.69, 9.17) is 9.47 Å². The molecular formula is C22H38O2. The second-order valence-electron chi connectivity index (χ2n) is 7.77. The Balaban J connectivity index is 1.57. The molecule has 0 atom stereocenters. The fourth-order valence-corrected chi connectivity index (χ4v) is 4.45. The Bertz CT molecular complexity index is 322. The standard InChI is InChI=1S/C22H38O2/c1-3-5-15-23-17-19-7-11-21(12-8-19)22-13-9-20(10-14-22)18-24-16-6-4-2/h3-6,19-22H,7-18H2,1-2H3/b5-3-,6-4+. The van der Waals surface area contributed by atoms with E-state index in [1.807, 2.05) is 0 Å². The average Bonchev–Trinajstić information content (AvgIpc) is 2.64. The van der Waals surface area contributed by atoms with Crippen LogP contribution in [0.2, 0.25) is 0 Å². The maximum Gasteiger partial charge on any atom is 0.0647 e. The predicted molar refractivity (Wildman–Crippen MR) is 102 cm³/mol. The van der Waals surface area contributed by atoms with Crippen LogP contribution in [0.25, 0.3) is 0 Å². The Labute approximate surface area is 149 Å². The van der Waals surface area contributed by atoms with Crippen LogP contribution in [0.4, 0.5) is 0 Å². The molecule has 2 aliphatic rings. The van der Waals surface area contributed by atoms with Crippen molar-refractivity contribution < 1.29 is 9.47 Å². The summed E-state index contributed by atoms with van der Waals surface area (Å²) >= 11 is 0. The lowest BCUT2D eigenvalue weighted by Crippen LogP contribution is -2.28. The van der Waals surface area contributed by atoms with Crippen LogP contribution in [-0.4, -0.2) is 26.4 Å². The maximum absolute atomic E-state index is 5.76. The van der Waals surface area contributed by atoms with E-state index in [1.54, 1.807) is 0 Å². The van der Waals surface area contributed by atoms with Gasteiger partial charge in [0.25, 0.3) is 0 Å². The van der Waals surface area contributed by atoms with Crippen LogP contribution in [0.5, 0.6) is 0 Å². The molecule has 2 nitrogen and oxygen atoms in total. The van der Waals surface area contributed by atoms with E-state index in [1.165, 1.54) is 51.4 Å². The second-order valence-corrected chi connectivity index (χ2v) is 7.77. The molecule has 0 aromatic heterocycles. The third kappa shape index (κ3) is 7.11. The van der Waals surface area contributed by atoms with Crippen LogP contribution in [-0.2, 0) is 9.47 Å². The monoisotopic (exact) mass is 334 g/mol. The van der Waals surface area contributed by atoms with Gasteiger partial charge in [-0.05, 0) is 88.9 Å². The van der Waals surface area contributed by atoms with Crippen molar-refractivity contribution in [3.05, 3.63) is 24.3 Å². The fourth-order valence-electron chi connectivity index (χ4n) is 4.45. The topological polar surface area (TPSA) is 18.5 Å². The zero-order valence-electron chi connectivity index (χ0n) is 15.9. The summed E-state index contributed by atoms with van der Waals surface area (Å²) in [6.07, 6.45) is 19.6. The quantitative estimate of drug-likeness (QED) is 0.393. The summed E-state index contributed by atoms with van der Waals surface area (Å²) in [5, 5.41) is 0. The van der Waals surface area contributed by atoms with Crippen molar-refractivity contribution in [1.29, 1.82) is 0 Å². The van der Waals surface area contributed by atoms with Gasteiger partial charge in [0.2, 0.25) is 0 Å². The summed E-state index contributed by atoms with van der Waals surface area (Å²) in [6, 6.07) is 0. The highest BCUT2D eigenvalue weighted by Gasteiger charge is 2.30. The molecule has 0 saturated heterocycles. The summed E-state index contributed by atoms with van der Waals surface area (Å²) < 4.78 is 11.5. The van der Waals surface area contributed by atoms with Gasteiger partial charge in [0.1, 0.15) is 0 Å². The molecule has 2 rings (SSSR count). The van der Waals surface area contributed by atoms with Gasteiger partial charge in [0.05, 0.1) is 13.2 Å². The molecule has 0 amide bonds. The highest BCUT2D eigenvalue weighted by Crippen LogP contribution is 2.41. The van der Waals surface area contributed by atoms with E-state index in [-0.39, 0.29) is 0 Å². The summed E-state index contributed by atoms with van der Waals surface area (Å²) in [7, 11) is 0. The Morgan fingerprint density at radius 3 is 1.33 bits per heavy atom. The minimum absolute atomic E-state index is 0.788. The zero-order valence-corrected chi connectivity index (χ0v) is 15.9. The molecule has 2 heteroatoms. The number of ether oxygens (including phenoxy) is 2. The van der Waals surface area contributed by atoms with Gasteiger partial charge in [0.15, 0.2) is 0 Å². The molecule has 0 aliphatic heterocycles. The molecule has 0 radical (unpaired) electrons. The van der Waals surface area contributed by atoms with Crippen molar-refractivity contribution in [2.45, 2.75) is 65.2 Å². The molecule has 0 unspecified atom stereocenters. The lowest BCUT2D eigenvalue weighted by molar-refractivity contribution is 0.0630. The first-order chi connectivity index (χ1) is 11.8. The second kappa shape index (κ2) is 11.9. The van der Waals surface area contributed by atoms with Gasteiger partial charge in [-0.25, -0.2) is 0 Å². The molecule has 138 valence electrons. The lowest BCUT2D eigenvalue weighted by Gasteiger charge is -2.37. The number of hydrogen-bond acceptors (Lipinski definition) is 2. The number of allylic oxidation sites excluding steroid dienone is 2. The van der Waals surface area contributed by atoms with Gasteiger partial charge in [-0.15, -0.1) is 0 Å². The van der Waals surface area contributed by atoms with E-state index in [0.29, 0.717) is 0 Å². The normalized spacial score (nSPS) is 31.9. The van der Waals surface area contributed by atoms with Crippen molar-refractivity contribution in [2.75, 3.05) is 26.4 Å². The Kier molecular flexibility index (Phi) is 9.75. The third-order valence-electron chi connectivity index (χ3n) is 6.06. The molecule has 0 bridgehead atoms. The minimum Gasteiger partial charge on any atom is -0.377 e. The minimum atomic E-state index is 0.788. The smallest absolute Gasteiger partial charge is 0.0647 e. The van der Waals surface area contributed by atoms with Gasteiger partial charge in [0, 0.05) is 13.2 Å². The molecule has 24 heavy (non-hydrogen) atoms. The predicted octanol–water partition coefficient (Wildman–Crippen LogP) is 5.78. The SMILES string of the molecule is C/C=C\COCC1CCC(C2CCC(COC/C=C/C)CC2)CC1. The highest BCUT2D eigenvalue weighted by molar-refractivity contribution is 4.83. The average molecular weight is 335 g/mol. The van der Waals surface area contributed by atoms with Crippen molar-refractivity contribution in [3.63, 3.8) is 0 Å². The van der Waals surface area contributed by atoms with Gasteiger partial charge in [-0.2, -0.15) is 0 Å². The molecule has 2 fully saturated rings. The number of hydrogen-bond donors (Lipinski definition) is 0. The van der Waals surface area contributed by atoms with E-state index >= 15 is 0 Å². The Hall–Kier alpha value is -0.600. The van der Waals surface area contributed by atoms with Crippen molar-refractivity contribution in [1.82, 2.24) is 0 Å². The number of rotatable bonds is 9. The maximum atomic E-state index is 5.76. The largest absolute Gasteiger partial charge is 0.377 e. The molecule has 0 aromatic rings. The molecule has 2 aliphatic carbocycles. The molecule has 0 spiro atoms. The van der Waals surface area contributed by atoms with Gasteiger partial charge in [-0.1, -0.05) is 24.3 Å². The van der Waals surface area contributed by atoms with Crippen LogP contribution in [0, 0.1) is 23.7 Å². The molecule has 0 N–H and O–H groups in total. The molecule has 2 saturated carbocycles. The van der Waals surface area contributed by atoms with Crippen molar-refractivity contribution in [2.24, 2.45) is 23.7 Å².